The molecule has 1 aromatic heterocycles. The summed E-state index contributed by atoms with van der Waals surface area (Å²) in [6.45, 7) is 1.07. The molecule has 2 aromatic carbocycles. The van der Waals surface area contributed by atoms with Gasteiger partial charge in [-0.25, -0.2) is 0 Å². The van der Waals surface area contributed by atoms with Crippen molar-refractivity contribution in [2.45, 2.75) is 30.7 Å². The van der Waals surface area contributed by atoms with E-state index >= 15 is 0 Å². The number of halogens is 1. The molecule has 2 aliphatic rings. The van der Waals surface area contributed by atoms with Crippen molar-refractivity contribution in [1.82, 2.24) is 15.1 Å². The molecule has 0 bridgehead atoms. The summed E-state index contributed by atoms with van der Waals surface area (Å²) in [6.07, 6.45) is 2.96. The first-order valence-electron chi connectivity index (χ1n) is 11.7. The van der Waals surface area contributed by atoms with Crippen LogP contribution in [0.4, 0.5) is 11.4 Å². The molecule has 3 amide bonds. The minimum atomic E-state index is -0.906. The van der Waals surface area contributed by atoms with Crippen LogP contribution in [-0.2, 0) is 33.2 Å². The molecule has 1 fully saturated rings. The topological polar surface area (TPSA) is 114 Å². The van der Waals surface area contributed by atoms with Crippen molar-refractivity contribution in [1.29, 1.82) is 0 Å². The average molecular weight is 508 g/mol. The van der Waals surface area contributed by atoms with Crippen molar-refractivity contribution < 1.29 is 19.1 Å². The molecule has 1 unspecified atom stereocenters. The Hall–Kier alpha value is -3.69. The molecular formula is C26H26ClN5O4. The minimum Gasteiger partial charge on any atom is -0.381 e. The zero-order valence-corrected chi connectivity index (χ0v) is 20.5. The van der Waals surface area contributed by atoms with Crippen molar-refractivity contribution in [3.8, 4) is 0 Å². The first-order valence-corrected chi connectivity index (χ1v) is 12.1. The third-order valence-corrected chi connectivity index (χ3v) is 7.26. The minimum absolute atomic E-state index is 0.0377. The Bertz CT molecular complexity index is 1330. The molecule has 1 saturated heterocycles. The van der Waals surface area contributed by atoms with E-state index in [0.717, 1.165) is 11.1 Å². The van der Waals surface area contributed by atoms with Gasteiger partial charge >= 0.3 is 0 Å². The molecular weight excluding hydrogens is 482 g/mol. The van der Waals surface area contributed by atoms with E-state index in [4.69, 9.17) is 16.3 Å². The van der Waals surface area contributed by atoms with E-state index < -0.39 is 23.3 Å². The molecule has 186 valence electrons. The summed E-state index contributed by atoms with van der Waals surface area (Å²) in [4.78, 5) is 39.1. The SMILES string of the molecule is Cn1nccc1C(=O)NC(Cc1ccccc1Cl)C(=O)Nc1ccc2c(c1)NC(=O)C21CCOCC1. The summed E-state index contributed by atoms with van der Waals surface area (Å²) in [5.41, 5.74) is 2.59. The molecule has 1 spiro atoms. The molecule has 1 atom stereocenters. The predicted octanol–water partition coefficient (Wildman–Crippen LogP) is 3.05. The Kier molecular flexibility index (Phi) is 6.51. The summed E-state index contributed by atoms with van der Waals surface area (Å²) >= 11 is 6.34. The maximum Gasteiger partial charge on any atom is 0.270 e. The van der Waals surface area contributed by atoms with E-state index in [2.05, 4.69) is 21.0 Å². The Morgan fingerprint density at radius 1 is 1.19 bits per heavy atom. The number of fused-ring (bicyclic) bond motifs is 2. The molecule has 3 heterocycles. The van der Waals surface area contributed by atoms with E-state index in [9.17, 15) is 14.4 Å². The highest BCUT2D eigenvalue weighted by atomic mass is 35.5. The monoisotopic (exact) mass is 507 g/mol. The van der Waals surface area contributed by atoms with Crippen molar-refractivity contribution in [2.75, 3.05) is 23.8 Å². The van der Waals surface area contributed by atoms with Crippen LogP contribution in [0, 0.1) is 0 Å². The zero-order chi connectivity index (χ0) is 25.3. The summed E-state index contributed by atoms with van der Waals surface area (Å²) in [7, 11) is 1.65. The molecule has 0 saturated carbocycles. The largest absolute Gasteiger partial charge is 0.381 e. The number of carbonyl (C=O) groups excluding carboxylic acids is 3. The second-order valence-corrected chi connectivity index (χ2v) is 9.47. The molecule has 36 heavy (non-hydrogen) atoms. The number of benzene rings is 2. The van der Waals surface area contributed by atoms with Gasteiger partial charge in [0.05, 0.1) is 5.41 Å². The summed E-state index contributed by atoms with van der Waals surface area (Å²) in [5.74, 6) is -0.871. The van der Waals surface area contributed by atoms with Crippen molar-refractivity contribution in [3.63, 3.8) is 0 Å². The number of aryl methyl sites for hydroxylation is 1. The van der Waals surface area contributed by atoms with Crippen LogP contribution in [0.1, 0.15) is 34.5 Å². The van der Waals surface area contributed by atoms with Crippen LogP contribution in [-0.4, -0.2) is 46.8 Å². The predicted molar refractivity (Wildman–Crippen MR) is 135 cm³/mol. The number of nitrogens with zero attached hydrogens (tertiary/aromatic N) is 2. The van der Waals surface area contributed by atoms with E-state index in [1.807, 2.05) is 18.2 Å². The standard InChI is InChI=1S/C26H26ClN5O4/c1-32-22(8-11-28-32)24(34)30-21(14-16-4-2-3-5-19(16)27)23(33)29-17-6-7-18-20(15-17)31-25(35)26(18)9-12-36-13-10-26/h2-8,11,15,21H,9-10,12-14H2,1H3,(H,29,33)(H,30,34)(H,31,35). The molecule has 3 N–H and O–H groups in total. The number of nitrogens with one attached hydrogen (secondary N) is 3. The Morgan fingerprint density at radius 2 is 1.97 bits per heavy atom. The number of ether oxygens (including phenoxy) is 1. The number of anilines is 2. The van der Waals surface area contributed by atoms with Gasteiger partial charge in [0.15, 0.2) is 0 Å². The third-order valence-electron chi connectivity index (χ3n) is 6.89. The first kappa shape index (κ1) is 24.0. The second kappa shape index (κ2) is 9.75. The lowest BCUT2D eigenvalue weighted by Crippen LogP contribution is -2.45. The summed E-state index contributed by atoms with van der Waals surface area (Å²) in [5, 5.41) is 13.2. The average Bonchev–Trinajstić information content (AvgIpc) is 3.41. The normalized spacial score (nSPS) is 16.8. The van der Waals surface area contributed by atoms with Gasteiger partial charge in [-0.1, -0.05) is 35.9 Å². The van der Waals surface area contributed by atoms with Gasteiger partial charge in [0, 0.05) is 49.3 Å². The fourth-order valence-electron chi connectivity index (χ4n) is 4.87. The highest BCUT2D eigenvalue weighted by molar-refractivity contribution is 6.31. The fraction of sp³-hybridized carbons (Fsp3) is 0.308. The van der Waals surface area contributed by atoms with Gasteiger partial charge in [0.1, 0.15) is 11.7 Å². The lowest BCUT2D eigenvalue weighted by atomic mass is 9.75. The van der Waals surface area contributed by atoms with Crippen molar-refractivity contribution >= 4 is 40.7 Å². The number of amides is 3. The van der Waals surface area contributed by atoms with Gasteiger partial charge in [-0.05, 0) is 48.2 Å². The van der Waals surface area contributed by atoms with Gasteiger partial charge in [0.25, 0.3) is 5.91 Å². The summed E-state index contributed by atoms with van der Waals surface area (Å²) in [6, 6.07) is 13.3. The second-order valence-electron chi connectivity index (χ2n) is 9.06. The molecule has 0 aliphatic carbocycles. The molecule has 9 nitrogen and oxygen atoms in total. The van der Waals surface area contributed by atoms with Crippen LogP contribution in [0.2, 0.25) is 5.02 Å². The Balaban J connectivity index is 1.38. The van der Waals surface area contributed by atoms with Crippen LogP contribution < -0.4 is 16.0 Å². The number of carbonyl (C=O) groups is 3. The molecule has 3 aromatic rings. The van der Waals surface area contributed by atoms with Crippen LogP contribution >= 0.6 is 11.6 Å². The maximum atomic E-state index is 13.4. The van der Waals surface area contributed by atoms with Crippen molar-refractivity contribution in [3.05, 3.63) is 76.6 Å². The Labute approximate surface area is 213 Å². The van der Waals surface area contributed by atoms with Gasteiger partial charge in [-0.3, -0.25) is 19.1 Å². The van der Waals surface area contributed by atoms with Gasteiger partial charge in [-0.2, -0.15) is 5.10 Å². The zero-order valence-electron chi connectivity index (χ0n) is 19.7. The van der Waals surface area contributed by atoms with Crippen LogP contribution in [0.15, 0.2) is 54.7 Å². The van der Waals surface area contributed by atoms with E-state index in [1.54, 1.807) is 37.4 Å². The lowest BCUT2D eigenvalue weighted by molar-refractivity contribution is -0.124. The Morgan fingerprint density at radius 3 is 2.69 bits per heavy atom. The van der Waals surface area contributed by atoms with Crippen molar-refractivity contribution in [2.24, 2.45) is 7.05 Å². The highest BCUT2D eigenvalue weighted by Crippen LogP contribution is 2.45. The number of hydrogen-bond donors (Lipinski definition) is 3. The fourth-order valence-corrected chi connectivity index (χ4v) is 5.09. The van der Waals surface area contributed by atoms with Crippen LogP contribution in [0.3, 0.4) is 0 Å². The van der Waals surface area contributed by atoms with Crippen LogP contribution in [0.5, 0.6) is 0 Å². The maximum absolute atomic E-state index is 13.4. The van der Waals surface area contributed by atoms with E-state index in [-0.39, 0.29) is 12.3 Å². The van der Waals surface area contributed by atoms with Crippen LogP contribution in [0.25, 0.3) is 0 Å². The molecule has 5 rings (SSSR count). The molecule has 2 aliphatic heterocycles. The lowest BCUT2D eigenvalue weighted by Gasteiger charge is -2.31. The molecule has 10 heteroatoms. The number of rotatable bonds is 6. The van der Waals surface area contributed by atoms with E-state index in [1.165, 1.54) is 10.9 Å². The van der Waals surface area contributed by atoms with Gasteiger partial charge < -0.3 is 20.7 Å². The van der Waals surface area contributed by atoms with E-state index in [0.29, 0.717) is 48.1 Å². The van der Waals surface area contributed by atoms with Gasteiger partial charge in [0.2, 0.25) is 11.8 Å². The quantitative estimate of drug-likeness (QED) is 0.474. The third kappa shape index (κ3) is 4.47. The molecule has 0 radical (unpaired) electrons. The smallest absolute Gasteiger partial charge is 0.270 e. The highest BCUT2D eigenvalue weighted by Gasteiger charge is 2.47. The first-order chi connectivity index (χ1) is 17.4. The van der Waals surface area contributed by atoms with Gasteiger partial charge in [-0.15, -0.1) is 0 Å². The number of hydrogen-bond acceptors (Lipinski definition) is 5. The number of aromatic nitrogens is 2. The summed E-state index contributed by atoms with van der Waals surface area (Å²) < 4.78 is 6.90.